The molecule has 0 unspecified atom stereocenters. The van der Waals surface area contributed by atoms with E-state index in [0.717, 1.165) is 11.3 Å². The second-order valence-corrected chi connectivity index (χ2v) is 7.31. The number of pyridine rings is 1. The number of ether oxygens (including phenoxy) is 1. The zero-order chi connectivity index (χ0) is 21.7. The number of carbonyl (C=O) groups is 1. The van der Waals surface area contributed by atoms with Gasteiger partial charge in [0.05, 0.1) is 12.1 Å². The fourth-order valence-electron chi connectivity index (χ4n) is 3.10. The number of carbonyl (C=O) groups excluding carboxylic acids is 1. The maximum Gasteiger partial charge on any atom is 0.251 e. The lowest BCUT2D eigenvalue weighted by molar-refractivity contribution is 0.0950. The van der Waals surface area contributed by atoms with Gasteiger partial charge in [-0.05, 0) is 50.6 Å². The van der Waals surface area contributed by atoms with Crippen LogP contribution in [0.1, 0.15) is 34.1 Å². The molecule has 3 rings (SSSR count). The molecule has 0 atom stereocenters. The molecular weight excluding hydrogens is 402 g/mol. The van der Waals surface area contributed by atoms with Gasteiger partial charge in [-0.15, -0.1) is 0 Å². The molecule has 156 valence electrons. The Labute approximate surface area is 180 Å². The molecule has 0 fully saturated rings. The van der Waals surface area contributed by atoms with Crippen molar-refractivity contribution in [3.63, 3.8) is 0 Å². The van der Waals surface area contributed by atoms with E-state index in [4.69, 9.17) is 16.3 Å². The minimum absolute atomic E-state index is 0.0130. The van der Waals surface area contributed by atoms with E-state index in [1.165, 1.54) is 6.07 Å². The van der Waals surface area contributed by atoms with E-state index in [2.05, 4.69) is 15.6 Å². The number of aromatic nitrogens is 1. The van der Waals surface area contributed by atoms with Crippen molar-refractivity contribution in [3.8, 4) is 11.6 Å². The van der Waals surface area contributed by atoms with Crippen molar-refractivity contribution in [1.82, 2.24) is 10.3 Å². The van der Waals surface area contributed by atoms with Crippen LogP contribution in [-0.4, -0.2) is 17.4 Å². The molecule has 0 radical (unpaired) electrons. The average molecular weight is 426 g/mol. The molecule has 7 heteroatoms. The number of halogens is 1. The highest BCUT2D eigenvalue weighted by molar-refractivity contribution is 6.31. The summed E-state index contributed by atoms with van der Waals surface area (Å²) in [5, 5.41) is 6.47. The highest BCUT2D eigenvalue weighted by Crippen LogP contribution is 2.25. The molecule has 2 aromatic carbocycles. The molecule has 0 spiro atoms. The van der Waals surface area contributed by atoms with Gasteiger partial charge in [0.1, 0.15) is 5.75 Å². The average Bonchev–Trinajstić information content (AvgIpc) is 2.70. The third kappa shape index (κ3) is 5.02. The van der Waals surface area contributed by atoms with E-state index in [1.807, 2.05) is 32.0 Å². The summed E-state index contributed by atoms with van der Waals surface area (Å²) < 4.78 is 5.87. The van der Waals surface area contributed by atoms with Gasteiger partial charge in [-0.1, -0.05) is 29.8 Å². The van der Waals surface area contributed by atoms with E-state index in [1.54, 1.807) is 31.2 Å². The van der Waals surface area contributed by atoms with Gasteiger partial charge in [0.15, 0.2) is 5.43 Å². The number of benzene rings is 2. The van der Waals surface area contributed by atoms with Crippen LogP contribution in [0.25, 0.3) is 0 Å². The first-order chi connectivity index (χ1) is 14.4. The molecule has 30 heavy (non-hydrogen) atoms. The van der Waals surface area contributed by atoms with E-state index >= 15 is 0 Å². The van der Waals surface area contributed by atoms with Crippen LogP contribution in [0.2, 0.25) is 5.02 Å². The van der Waals surface area contributed by atoms with Crippen molar-refractivity contribution < 1.29 is 9.53 Å². The zero-order valence-electron chi connectivity index (χ0n) is 17.1. The Morgan fingerprint density at radius 3 is 2.57 bits per heavy atom. The number of nitrogens with one attached hydrogen (secondary N) is 3. The number of rotatable bonds is 7. The molecule has 1 aromatic heterocycles. The quantitative estimate of drug-likeness (QED) is 0.507. The first kappa shape index (κ1) is 21.5. The fourth-order valence-corrected chi connectivity index (χ4v) is 3.32. The number of anilines is 1. The maximum atomic E-state index is 12.8. The fraction of sp³-hybridized carbons (Fsp3) is 0.217. The van der Waals surface area contributed by atoms with Crippen molar-refractivity contribution >= 4 is 23.2 Å². The number of aromatic amines is 1. The number of hydrogen-bond acceptors (Lipinski definition) is 4. The number of para-hydroxylation sites is 1. The Bertz CT molecular complexity index is 1110. The monoisotopic (exact) mass is 425 g/mol. The van der Waals surface area contributed by atoms with Gasteiger partial charge < -0.3 is 20.4 Å². The molecule has 0 bridgehead atoms. The Morgan fingerprint density at radius 2 is 1.87 bits per heavy atom. The van der Waals surface area contributed by atoms with Crippen molar-refractivity contribution in [2.45, 2.75) is 27.3 Å². The third-order valence-corrected chi connectivity index (χ3v) is 4.82. The minimum atomic E-state index is -0.320. The maximum absolute atomic E-state index is 12.8. The summed E-state index contributed by atoms with van der Waals surface area (Å²) in [6, 6.07) is 14.0. The van der Waals surface area contributed by atoms with Crippen LogP contribution in [0.5, 0.6) is 11.6 Å². The van der Waals surface area contributed by atoms with Gasteiger partial charge in [0.25, 0.3) is 5.91 Å². The van der Waals surface area contributed by atoms with Crippen molar-refractivity contribution in [1.29, 1.82) is 0 Å². The van der Waals surface area contributed by atoms with Crippen molar-refractivity contribution in [2.75, 3.05) is 11.9 Å². The molecule has 1 amide bonds. The molecular formula is C23H24ClN3O3. The molecule has 0 saturated carbocycles. The Morgan fingerprint density at radius 1 is 1.13 bits per heavy atom. The summed E-state index contributed by atoms with van der Waals surface area (Å²) >= 11 is 6.18. The lowest BCUT2D eigenvalue weighted by Crippen LogP contribution is -2.27. The Hall–Kier alpha value is -3.25. The minimum Gasteiger partial charge on any atom is -0.441 e. The summed E-state index contributed by atoms with van der Waals surface area (Å²) in [5.74, 6) is 0.578. The van der Waals surface area contributed by atoms with E-state index in [0.29, 0.717) is 40.0 Å². The van der Waals surface area contributed by atoms with Crippen molar-refractivity contribution in [3.05, 3.63) is 86.2 Å². The second kappa shape index (κ2) is 9.50. The van der Waals surface area contributed by atoms with Crippen molar-refractivity contribution in [2.24, 2.45) is 0 Å². The molecule has 3 N–H and O–H groups in total. The lowest BCUT2D eigenvalue weighted by Gasteiger charge is -2.15. The molecule has 0 aliphatic rings. The highest BCUT2D eigenvalue weighted by atomic mass is 35.5. The number of aryl methyl sites for hydroxylation is 1. The Balaban J connectivity index is 1.85. The molecule has 0 saturated heterocycles. The van der Waals surface area contributed by atoms with Crippen LogP contribution in [-0.2, 0) is 6.54 Å². The molecule has 6 nitrogen and oxygen atoms in total. The number of amides is 1. The van der Waals surface area contributed by atoms with Crippen LogP contribution in [0.4, 0.5) is 5.69 Å². The second-order valence-electron chi connectivity index (χ2n) is 6.88. The smallest absolute Gasteiger partial charge is 0.251 e. The first-order valence-electron chi connectivity index (χ1n) is 9.67. The number of hydrogen-bond donors (Lipinski definition) is 3. The zero-order valence-corrected chi connectivity index (χ0v) is 17.9. The predicted octanol–water partition coefficient (Wildman–Crippen LogP) is 4.80. The molecule has 3 aromatic rings. The first-order valence-corrected chi connectivity index (χ1v) is 10.0. The van der Waals surface area contributed by atoms with E-state index in [9.17, 15) is 9.59 Å². The summed E-state index contributed by atoms with van der Waals surface area (Å²) in [6.07, 6.45) is 0. The third-order valence-electron chi connectivity index (χ3n) is 4.60. The van der Waals surface area contributed by atoms with Gasteiger partial charge in [-0.2, -0.15) is 0 Å². The van der Waals surface area contributed by atoms with Gasteiger partial charge in [-0.3, -0.25) is 9.59 Å². The van der Waals surface area contributed by atoms with Gasteiger partial charge >= 0.3 is 0 Å². The molecule has 0 aliphatic heterocycles. The van der Waals surface area contributed by atoms with E-state index < -0.39 is 0 Å². The SMILES string of the molecule is CCNc1cc(Cl)cc(C(=O)NCc2c(Oc3ccccc3)[nH]c(C)cc2=O)c1C. The highest BCUT2D eigenvalue weighted by Gasteiger charge is 2.16. The summed E-state index contributed by atoms with van der Waals surface area (Å²) in [4.78, 5) is 28.5. The van der Waals surface area contributed by atoms with Gasteiger partial charge in [0.2, 0.25) is 5.88 Å². The summed E-state index contributed by atoms with van der Waals surface area (Å²) in [6.45, 7) is 6.32. The van der Waals surface area contributed by atoms with Crippen LogP contribution in [0.15, 0.2) is 53.3 Å². The predicted molar refractivity (Wildman–Crippen MR) is 120 cm³/mol. The molecule has 0 aliphatic carbocycles. The van der Waals surface area contributed by atoms with Crippen LogP contribution < -0.4 is 20.8 Å². The van der Waals surface area contributed by atoms with E-state index in [-0.39, 0.29) is 17.9 Å². The van der Waals surface area contributed by atoms with Crippen LogP contribution >= 0.6 is 11.6 Å². The lowest BCUT2D eigenvalue weighted by atomic mass is 10.1. The van der Waals surface area contributed by atoms with Crippen LogP contribution in [0, 0.1) is 13.8 Å². The largest absolute Gasteiger partial charge is 0.441 e. The topological polar surface area (TPSA) is 83.2 Å². The van der Waals surface area contributed by atoms with Gasteiger partial charge in [-0.25, -0.2) is 0 Å². The summed E-state index contributed by atoms with van der Waals surface area (Å²) in [5.41, 5.74) is 2.83. The van der Waals surface area contributed by atoms with Gasteiger partial charge in [0, 0.05) is 34.6 Å². The number of H-pyrrole nitrogens is 1. The molecule has 1 heterocycles. The van der Waals surface area contributed by atoms with Crippen LogP contribution in [0.3, 0.4) is 0 Å². The standard InChI is InChI=1S/C23H24ClN3O3/c1-4-25-20-12-16(24)11-18(15(20)3)22(29)26-13-19-21(28)10-14(2)27-23(19)30-17-8-6-5-7-9-17/h5-12,25H,4,13H2,1-3H3,(H,26,29)(H,27,28). The Kier molecular flexibility index (Phi) is 6.79. The normalized spacial score (nSPS) is 10.5. The summed E-state index contributed by atoms with van der Waals surface area (Å²) in [7, 11) is 0.